The van der Waals surface area contributed by atoms with Crippen LogP contribution in [-0.4, -0.2) is 35.4 Å². The summed E-state index contributed by atoms with van der Waals surface area (Å²) in [6.45, 7) is 5.00. The molecule has 116 valence electrons. The molecule has 1 aliphatic rings. The van der Waals surface area contributed by atoms with Crippen molar-refractivity contribution in [2.75, 3.05) is 13.2 Å². The third-order valence-electron chi connectivity index (χ3n) is 3.83. The van der Waals surface area contributed by atoms with Gasteiger partial charge in [0.1, 0.15) is 6.10 Å². The van der Waals surface area contributed by atoms with Crippen LogP contribution in [-0.2, 0) is 9.47 Å². The highest BCUT2D eigenvalue weighted by Crippen LogP contribution is 2.25. The molecule has 1 aromatic carbocycles. The fourth-order valence-corrected chi connectivity index (χ4v) is 2.51. The van der Waals surface area contributed by atoms with Gasteiger partial charge in [-0.05, 0) is 32.4 Å². The Morgan fingerprint density at radius 2 is 2.23 bits per heavy atom. The molecular weight excluding hydrogens is 284 g/mol. The lowest BCUT2D eigenvalue weighted by Gasteiger charge is -2.18. The fraction of sp³-hybridized carbons (Fsp3) is 0.438. The van der Waals surface area contributed by atoms with Crippen LogP contribution < -0.4 is 0 Å². The van der Waals surface area contributed by atoms with E-state index in [0.717, 1.165) is 13.0 Å². The number of hydrogen-bond donors (Lipinski definition) is 0. The van der Waals surface area contributed by atoms with Crippen LogP contribution >= 0.6 is 0 Å². The van der Waals surface area contributed by atoms with Gasteiger partial charge in [0.2, 0.25) is 0 Å². The zero-order chi connectivity index (χ0) is 15.5. The van der Waals surface area contributed by atoms with Crippen LogP contribution in [0, 0.1) is 12.8 Å². The number of esters is 1. The molecule has 1 aromatic heterocycles. The Kier molecular flexibility index (Phi) is 4.20. The molecule has 1 fully saturated rings. The van der Waals surface area contributed by atoms with Gasteiger partial charge >= 0.3 is 5.97 Å². The average molecular weight is 302 g/mol. The first-order valence-corrected chi connectivity index (χ1v) is 7.33. The molecule has 6 heteroatoms. The van der Waals surface area contributed by atoms with Crippen LogP contribution in [0.2, 0.25) is 0 Å². The van der Waals surface area contributed by atoms with Gasteiger partial charge in [0.25, 0.3) is 5.89 Å². The van der Waals surface area contributed by atoms with E-state index < -0.39 is 0 Å². The Bertz CT molecular complexity index is 662. The number of ether oxygens (including phenoxy) is 2. The van der Waals surface area contributed by atoms with Crippen molar-refractivity contribution in [2.45, 2.75) is 26.4 Å². The highest BCUT2D eigenvalue weighted by molar-refractivity contribution is 5.96. The van der Waals surface area contributed by atoms with Gasteiger partial charge in [-0.25, -0.2) is 4.79 Å². The van der Waals surface area contributed by atoms with E-state index in [0.29, 0.717) is 29.4 Å². The number of rotatable bonds is 4. The lowest BCUT2D eigenvalue weighted by Crippen LogP contribution is -2.24. The van der Waals surface area contributed by atoms with Gasteiger partial charge in [0.05, 0.1) is 17.7 Å². The maximum atomic E-state index is 12.5. The smallest absolute Gasteiger partial charge is 0.339 e. The van der Waals surface area contributed by atoms with Crippen molar-refractivity contribution in [1.82, 2.24) is 10.1 Å². The van der Waals surface area contributed by atoms with Gasteiger partial charge in [-0.2, -0.15) is 4.98 Å². The summed E-state index contributed by atoms with van der Waals surface area (Å²) < 4.78 is 16.1. The van der Waals surface area contributed by atoms with E-state index in [4.69, 9.17) is 14.0 Å². The molecule has 2 heterocycles. The molecular formula is C16H18N2O4. The zero-order valence-corrected chi connectivity index (χ0v) is 12.6. The third kappa shape index (κ3) is 3.01. The van der Waals surface area contributed by atoms with Crippen LogP contribution in [0.5, 0.6) is 0 Å². The first-order valence-electron chi connectivity index (χ1n) is 7.33. The minimum absolute atomic E-state index is 0.188. The SMILES string of the molecule is Cc1noc(-c2ccccc2C(=O)O[C@H](C)[C@H]2CCOC2)n1. The van der Waals surface area contributed by atoms with Crippen molar-refractivity contribution in [3.05, 3.63) is 35.7 Å². The van der Waals surface area contributed by atoms with Crippen molar-refractivity contribution in [3.63, 3.8) is 0 Å². The zero-order valence-electron chi connectivity index (χ0n) is 12.6. The van der Waals surface area contributed by atoms with Crippen molar-refractivity contribution in [2.24, 2.45) is 5.92 Å². The summed E-state index contributed by atoms with van der Waals surface area (Å²) in [5, 5.41) is 3.76. The maximum Gasteiger partial charge on any atom is 0.339 e. The van der Waals surface area contributed by atoms with E-state index in [1.807, 2.05) is 13.0 Å². The topological polar surface area (TPSA) is 74.5 Å². The summed E-state index contributed by atoms with van der Waals surface area (Å²) in [6, 6.07) is 7.08. The molecule has 22 heavy (non-hydrogen) atoms. The summed E-state index contributed by atoms with van der Waals surface area (Å²) in [4.78, 5) is 16.6. The van der Waals surface area contributed by atoms with Crippen LogP contribution in [0.3, 0.4) is 0 Å². The molecule has 0 radical (unpaired) electrons. The molecule has 2 aromatic rings. The number of benzene rings is 1. The van der Waals surface area contributed by atoms with E-state index in [-0.39, 0.29) is 18.0 Å². The minimum Gasteiger partial charge on any atom is -0.459 e. The molecule has 2 atom stereocenters. The normalized spacial score (nSPS) is 19.1. The van der Waals surface area contributed by atoms with Gasteiger partial charge in [-0.1, -0.05) is 17.3 Å². The Morgan fingerprint density at radius 1 is 1.41 bits per heavy atom. The molecule has 0 bridgehead atoms. The number of aryl methyl sites for hydroxylation is 1. The van der Waals surface area contributed by atoms with Crippen LogP contribution in [0.25, 0.3) is 11.5 Å². The number of carbonyl (C=O) groups is 1. The number of hydrogen-bond acceptors (Lipinski definition) is 6. The number of nitrogens with zero attached hydrogens (tertiary/aromatic N) is 2. The van der Waals surface area contributed by atoms with Gasteiger partial charge in [0, 0.05) is 12.5 Å². The van der Waals surface area contributed by atoms with Crippen molar-refractivity contribution in [1.29, 1.82) is 0 Å². The highest BCUT2D eigenvalue weighted by Gasteiger charge is 2.27. The molecule has 6 nitrogen and oxygen atoms in total. The van der Waals surface area contributed by atoms with Crippen LogP contribution in [0.1, 0.15) is 29.5 Å². The summed E-state index contributed by atoms with van der Waals surface area (Å²) >= 11 is 0. The average Bonchev–Trinajstić information content (AvgIpc) is 3.18. The van der Waals surface area contributed by atoms with Gasteiger partial charge in [0.15, 0.2) is 5.82 Å². The maximum absolute atomic E-state index is 12.5. The van der Waals surface area contributed by atoms with Gasteiger partial charge in [-0.3, -0.25) is 0 Å². The van der Waals surface area contributed by atoms with E-state index in [2.05, 4.69) is 10.1 Å². The van der Waals surface area contributed by atoms with Crippen molar-refractivity contribution in [3.8, 4) is 11.5 Å². The molecule has 0 saturated carbocycles. The summed E-state index contributed by atoms with van der Waals surface area (Å²) in [7, 11) is 0. The van der Waals surface area contributed by atoms with Crippen molar-refractivity contribution < 1.29 is 18.8 Å². The summed E-state index contributed by atoms with van der Waals surface area (Å²) in [5.74, 6) is 0.712. The molecule has 3 rings (SSSR count). The van der Waals surface area contributed by atoms with E-state index in [1.165, 1.54) is 0 Å². The fourth-order valence-electron chi connectivity index (χ4n) is 2.51. The Hall–Kier alpha value is -2.21. The van der Waals surface area contributed by atoms with Gasteiger partial charge in [-0.15, -0.1) is 0 Å². The Balaban J connectivity index is 1.80. The Labute approximate surface area is 128 Å². The third-order valence-corrected chi connectivity index (χ3v) is 3.83. The van der Waals surface area contributed by atoms with Crippen LogP contribution in [0.15, 0.2) is 28.8 Å². The molecule has 0 amide bonds. The number of carbonyl (C=O) groups excluding carboxylic acids is 1. The van der Waals surface area contributed by atoms with Crippen LogP contribution in [0.4, 0.5) is 0 Å². The van der Waals surface area contributed by atoms with Gasteiger partial charge < -0.3 is 14.0 Å². The largest absolute Gasteiger partial charge is 0.459 e. The lowest BCUT2D eigenvalue weighted by molar-refractivity contribution is 0.0180. The van der Waals surface area contributed by atoms with Crippen molar-refractivity contribution >= 4 is 5.97 Å². The summed E-state index contributed by atoms with van der Waals surface area (Å²) in [6.07, 6.45) is 0.728. The molecule has 0 spiro atoms. The predicted octanol–water partition coefficient (Wildman–Crippen LogP) is 2.63. The molecule has 0 unspecified atom stereocenters. The minimum atomic E-state index is -0.383. The molecule has 0 N–H and O–H groups in total. The second-order valence-corrected chi connectivity index (χ2v) is 5.43. The van der Waals surface area contributed by atoms with E-state index >= 15 is 0 Å². The Morgan fingerprint density at radius 3 is 2.91 bits per heavy atom. The van der Waals surface area contributed by atoms with E-state index in [9.17, 15) is 4.79 Å². The molecule has 1 saturated heterocycles. The monoisotopic (exact) mass is 302 g/mol. The van der Waals surface area contributed by atoms with E-state index in [1.54, 1.807) is 25.1 Å². The number of aromatic nitrogens is 2. The molecule has 1 aliphatic heterocycles. The second-order valence-electron chi connectivity index (χ2n) is 5.43. The first kappa shape index (κ1) is 14.7. The quantitative estimate of drug-likeness (QED) is 0.808. The lowest BCUT2D eigenvalue weighted by atomic mass is 10.0. The predicted molar refractivity (Wildman–Crippen MR) is 78.3 cm³/mol. The summed E-state index contributed by atoms with van der Waals surface area (Å²) in [5.41, 5.74) is 1.01. The second kappa shape index (κ2) is 6.27. The standard InChI is InChI=1S/C16H18N2O4/c1-10(12-7-8-20-9-12)21-16(19)14-6-4-3-5-13(14)15-17-11(2)18-22-15/h3-6,10,12H,7-9H2,1-2H3/t10-,12+/m1/s1. The molecule has 0 aliphatic carbocycles. The first-order chi connectivity index (χ1) is 10.6. The highest BCUT2D eigenvalue weighted by atomic mass is 16.5.